The monoisotopic (exact) mass is 647 g/mol. The number of amides is 1. The van der Waals surface area contributed by atoms with Crippen molar-refractivity contribution in [3.8, 4) is 22.8 Å². The van der Waals surface area contributed by atoms with Crippen LogP contribution in [0.15, 0.2) is 95.4 Å². The predicted octanol–water partition coefficient (Wildman–Crippen LogP) is 8.12. The molecule has 13 heteroatoms. The van der Waals surface area contributed by atoms with Crippen molar-refractivity contribution in [2.75, 3.05) is 12.4 Å². The van der Waals surface area contributed by atoms with Crippen LogP contribution in [0.1, 0.15) is 21.5 Å². The lowest BCUT2D eigenvalue weighted by atomic mass is 10.1. The van der Waals surface area contributed by atoms with Crippen LogP contribution in [0.3, 0.4) is 0 Å². The van der Waals surface area contributed by atoms with Gasteiger partial charge in [0.1, 0.15) is 6.61 Å². The summed E-state index contributed by atoms with van der Waals surface area (Å²) >= 11 is 13.8. The van der Waals surface area contributed by atoms with Crippen molar-refractivity contribution < 1.29 is 19.2 Å². The van der Waals surface area contributed by atoms with Crippen LogP contribution < -0.4 is 20.2 Å². The van der Waals surface area contributed by atoms with Gasteiger partial charge in [-0.2, -0.15) is 5.10 Å². The number of carbonyl (C=O) groups is 1. The minimum atomic E-state index is -0.473. The average molecular weight is 649 g/mol. The number of carbonyl (C=O) groups excluding carboxylic acids is 1. The molecule has 5 aromatic rings. The van der Waals surface area contributed by atoms with Gasteiger partial charge < -0.3 is 14.8 Å². The molecule has 1 aromatic heterocycles. The highest BCUT2D eigenvalue weighted by Gasteiger charge is 2.14. The smallest absolute Gasteiger partial charge is 0.271 e. The molecule has 0 aliphatic heterocycles. The number of nitrogens with zero attached hydrogens (tertiary/aromatic N) is 3. The zero-order valence-electron chi connectivity index (χ0n) is 23.0. The molecule has 0 fully saturated rings. The molecule has 1 amide bonds. The van der Waals surface area contributed by atoms with Crippen molar-refractivity contribution >= 4 is 63.2 Å². The molecular formula is C31H23Cl2N5O5S. The minimum absolute atomic E-state index is 0.0366. The lowest BCUT2D eigenvalue weighted by Crippen LogP contribution is -2.17. The number of nitro benzene ring substituents is 1. The normalized spacial score (nSPS) is 10.9. The highest BCUT2D eigenvalue weighted by molar-refractivity contribution is 7.14. The number of halogens is 2. The molecule has 0 radical (unpaired) electrons. The van der Waals surface area contributed by atoms with Gasteiger partial charge in [-0.1, -0.05) is 47.5 Å². The fourth-order valence-corrected chi connectivity index (χ4v) is 5.15. The van der Waals surface area contributed by atoms with Crippen LogP contribution in [0.4, 0.5) is 16.5 Å². The molecule has 0 unspecified atom stereocenters. The molecule has 0 aliphatic carbocycles. The second-order valence-corrected chi connectivity index (χ2v) is 10.9. The van der Waals surface area contributed by atoms with Crippen molar-refractivity contribution in [1.29, 1.82) is 0 Å². The number of ether oxygens (including phenoxy) is 2. The van der Waals surface area contributed by atoms with Crippen molar-refractivity contribution in [3.63, 3.8) is 0 Å². The topological polar surface area (TPSA) is 128 Å². The maximum Gasteiger partial charge on any atom is 0.271 e. The largest absolute Gasteiger partial charge is 0.493 e. The average Bonchev–Trinajstić information content (AvgIpc) is 3.50. The summed E-state index contributed by atoms with van der Waals surface area (Å²) in [6, 6.07) is 23.7. The number of hydrogen-bond acceptors (Lipinski definition) is 9. The summed E-state index contributed by atoms with van der Waals surface area (Å²) in [5.74, 6) is 0.209. The van der Waals surface area contributed by atoms with Crippen molar-refractivity contribution in [3.05, 3.63) is 127 Å². The molecule has 0 spiro atoms. The Hall–Kier alpha value is -4.97. The quantitative estimate of drug-likeness (QED) is 0.0841. The van der Waals surface area contributed by atoms with Gasteiger partial charge in [-0.3, -0.25) is 14.9 Å². The first-order valence-corrected chi connectivity index (χ1v) is 14.6. The number of non-ortho nitro benzene ring substituents is 1. The predicted molar refractivity (Wildman–Crippen MR) is 173 cm³/mol. The van der Waals surface area contributed by atoms with Crippen molar-refractivity contribution in [1.82, 2.24) is 10.4 Å². The number of hydrogen-bond donors (Lipinski definition) is 2. The van der Waals surface area contributed by atoms with E-state index in [1.54, 1.807) is 48.5 Å². The Labute approximate surface area is 266 Å². The number of benzene rings is 4. The SMILES string of the molecule is COc1cc(/C=N\NC(=O)c2ccc(-c3csc(Nc4ccc(Cl)cc4)n3)cc2)cc(Cl)c1OCc1cccc([N+](=O)[O-])c1. The first kappa shape index (κ1) is 30.5. The fourth-order valence-electron chi connectivity index (χ4n) is 4.01. The Morgan fingerprint density at radius 3 is 2.57 bits per heavy atom. The first-order valence-electron chi connectivity index (χ1n) is 12.9. The van der Waals surface area contributed by atoms with E-state index in [4.69, 9.17) is 32.7 Å². The summed E-state index contributed by atoms with van der Waals surface area (Å²) in [6.07, 6.45) is 1.43. The van der Waals surface area contributed by atoms with Crippen LogP contribution in [0.25, 0.3) is 11.3 Å². The van der Waals surface area contributed by atoms with Gasteiger partial charge in [0, 0.05) is 39.3 Å². The zero-order valence-corrected chi connectivity index (χ0v) is 25.3. The second kappa shape index (κ2) is 14.0. The highest BCUT2D eigenvalue weighted by atomic mass is 35.5. The molecule has 0 saturated heterocycles. The third-order valence-electron chi connectivity index (χ3n) is 6.18. The first-order chi connectivity index (χ1) is 21.3. The number of nitro groups is 1. The Morgan fingerprint density at radius 2 is 1.84 bits per heavy atom. The van der Waals surface area contributed by atoms with Gasteiger partial charge in [0.2, 0.25) is 0 Å². The number of thiazole rings is 1. The number of anilines is 2. The Kier molecular flexibility index (Phi) is 9.70. The van der Waals surface area contributed by atoms with E-state index in [1.807, 2.05) is 29.6 Å². The molecule has 222 valence electrons. The van der Waals surface area contributed by atoms with Gasteiger partial charge in [-0.25, -0.2) is 10.4 Å². The Morgan fingerprint density at radius 1 is 1.07 bits per heavy atom. The standard InChI is InChI=1S/C31H23Cl2N5O5S/c1-42-28-15-20(14-26(33)29(28)43-17-19-3-2-4-25(13-19)38(40)41)16-34-37-30(39)22-7-5-21(6-8-22)27-18-44-31(36-27)35-24-11-9-23(32)10-12-24/h2-16,18H,17H2,1H3,(H,35,36)(H,37,39)/b34-16-. The Bertz CT molecular complexity index is 1830. The van der Waals surface area contributed by atoms with Gasteiger partial charge in [-0.05, 0) is 59.7 Å². The van der Waals surface area contributed by atoms with Crippen molar-refractivity contribution in [2.45, 2.75) is 6.61 Å². The van der Waals surface area contributed by atoms with Crippen LogP contribution in [-0.4, -0.2) is 29.1 Å². The van der Waals surface area contributed by atoms with E-state index < -0.39 is 10.8 Å². The lowest BCUT2D eigenvalue weighted by molar-refractivity contribution is -0.384. The maximum atomic E-state index is 12.7. The number of nitrogens with one attached hydrogen (secondary N) is 2. The molecule has 2 N–H and O–H groups in total. The number of aromatic nitrogens is 1. The number of hydrazone groups is 1. The minimum Gasteiger partial charge on any atom is -0.493 e. The molecule has 5 rings (SSSR count). The molecule has 0 atom stereocenters. The summed E-state index contributed by atoms with van der Waals surface area (Å²) in [6.45, 7) is 0.0456. The van der Waals surface area contributed by atoms with Crippen LogP contribution >= 0.6 is 34.5 Å². The van der Waals surface area contributed by atoms with E-state index in [2.05, 4.69) is 20.8 Å². The van der Waals surface area contributed by atoms with E-state index in [0.717, 1.165) is 22.1 Å². The van der Waals surface area contributed by atoms with E-state index >= 15 is 0 Å². The van der Waals surface area contributed by atoms with Gasteiger partial charge in [0.25, 0.3) is 11.6 Å². The van der Waals surface area contributed by atoms with Gasteiger partial charge >= 0.3 is 0 Å². The molecule has 4 aromatic carbocycles. The number of rotatable bonds is 11. The maximum absolute atomic E-state index is 12.7. The summed E-state index contributed by atoms with van der Waals surface area (Å²) in [7, 11) is 1.46. The summed E-state index contributed by atoms with van der Waals surface area (Å²) in [4.78, 5) is 27.8. The molecule has 10 nitrogen and oxygen atoms in total. The molecule has 0 bridgehead atoms. The third kappa shape index (κ3) is 7.70. The van der Waals surface area contributed by atoms with Crippen LogP contribution in [0.2, 0.25) is 10.0 Å². The zero-order chi connectivity index (χ0) is 31.1. The fraction of sp³-hybridized carbons (Fsp3) is 0.0645. The van der Waals surface area contributed by atoms with Crippen molar-refractivity contribution in [2.24, 2.45) is 5.10 Å². The molecule has 0 saturated carbocycles. The summed E-state index contributed by atoms with van der Waals surface area (Å²) in [5, 5.41) is 21.9. The lowest BCUT2D eigenvalue weighted by Gasteiger charge is -2.13. The number of methoxy groups -OCH3 is 1. The summed E-state index contributed by atoms with van der Waals surface area (Å²) < 4.78 is 11.2. The van der Waals surface area contributed by atoms with E-state index in [-0.39, 0.29) is 23.1 Å². The van der Waals surface area contributed by atoms with E-state index in [1.165, 1.54) is 36.8 Å². The van der Waals surface area contributed by atoms with Crippen LogP contribution in [0.5, 0.6) is 11.5 Å². The van der Waals surface area contributed by atoms with Crippen LogP contribution in [-0.2, 0) is 6.61 Å². The van der Waals surface area contributed by atoms with E-state index in [9.17, 15) is 14.9 Å². The summed E-state index contributed by atoms with van der Waals surface area (Å²) in [5.41, 5.74) is 6.55. The van der Waals surface area contributed by atoms with E-state index in [0.29, 0.717) is 27.5 Å². The molecular weight excluding hydrogens is 625 g/mol. The Balaban J connectivity index is 1.18. The molecule has 44 heavy (non-hydrogen) atoms. The van der Waals surface area contributed by atoms with Gasteiger partial charge in [0.15, 0.2) is 16.6 Å². The third-order valence-corrected chi connectivity index (χ3v) is 7.47. The van der Waals surface area contributed by atoms with Gasteiger partial charge in [0.05, 0.1) is 29.0 Å². The second-order valence-electron chi connectivity index (χ2n) is 9.20. The molecule has 0 aliphatic rings. The van der Waals surface area contributed by atoms with Crippen LogP contribution in [0, 0.1) is 10.1 Å². The van der Waals surface area contributed by atoms with Gasteiger partial charge in [-0.15, -0.1) is 11.3 Å². The highest BCUT2D eigenvalue weighted by Crippen LogP contribution is 2.37. The molecule has 1 heterocycles.